The monoisotopic (exact) mass is 229 g/mol. The molecule has 0 spiro atoms. The lowest BCUT2D eigenvalue weighted by Gasteiger charge is -2.16. The minimum atomic E-state index is -0.262. The van der Waals surface area contributed by atoms with Crippen LogP contribution in [-0.4, -0.2) is 16.5 Å². The summed E-state index contributed by atoms with van der Waals surface area (Å²) in [6.45, 7) is 1.73. The van der Waals surface area contributed by atoms with E-state index < -0.39 is 0 Å². The molecule has 1 aliphatic rings. The topological polar surface area (TPSA) is 37.8 Å². The Kier molecular flexibility index (Phi) is 2.57. The lowest BCUT2D eigenvalue weighted by Crippen LogP contribution is -2.25. The number of halogens is 1. The van der Waals surface area contributed by atoms with E-state index >= 15 is 0 Å². The number of aromatic nitrogens is 2. The van der Waals surface area contributed by atoms with Crippen molar-refractivity contribution in [2.45, 2.75) is 13.0 Å². The highest BCUT2D eigenvalue weighted by molar-refractivity contribution is 5.55. The predicted molar refractivity (Wildman–Crippen MR) is 62.8 cm³/mol. The van der Waals surface area contributed by atoms with Crippen LogP contribution in [0.1, 0.15) is 11.3 Å². The molecule has 0 aliphatic carbocycles. The Morgan fingerprint density at radius 3 is 3.12 bits per heavy atom. The van der Waals surface area contributed by atoms with Crippen LogP contribution < -0.4 is 5.32 Å². The van der Waals surface area contributed by atoms with Crippen molar-refractivity contribution < 1.29 is 4.39 Å². The quantitative estimate of drug-likeness (QED) is 0.812. The summed E-state index contributed by atoms with van der Waals surface area (Å²) in [5.41, 5.74) is 2.92. The van der Waals surface area contributed by atoms with Gasteiger partial charge < -0.3 is 5.32 Å². The lowest BCUT2D eigenvalue weighted by atomic mass is 10.1. The van der Waals surface area contributed by atoms with Crippen molar-refractivity contribution in [1.82, 2.24) is 15.3 Å². The Morgan fingerprint density at radius 1 is 1.29 bits per heavy atom. The van der Waals surface area contributed by atoms with Crippen molar-refractivity contribution in [3.05, 3.63) is 47.5 Å². The smallest absolute Gasteiger partial charge is 0.159 e. The van der Waals surface area contributed by atoms with E-state index in [4.69, 9.17) is 0 Å². The fourth-order valence-corrected chi connectivity index (χ4v) is 2.00. The van der Waals surface area contributed by atoms with Gasteiger partial charge in [0.05, 0.1) is 5.69 Å². The van der Waals surface area contributed by atoms with Crippen molar-refractivity contribution >= 4 is 0 Å². The number of hydrogen-bond donors (Lipinski definition) is 1. The van der Waals surface area contributed by atoms with Gasteiger partial charge in [-0.3, -0.25) is 0 Å². The third-order valence-electron chi connectivity index (χ3n) is 2.90. The molecule has 0 fully saturated rings. The van der Waals surface area contributed by atoms with Gasteiger partial charge in [-0.15, -0.1) is 0 Å². The average molecular weight is 229 g/mol. The molecule has 0 atom stereocenters. The summed E-state index contributed by atoms with van der Waals surface area (Å²) in [6, 6.07) is 6.37. The summed E-state index contributed by atoms with van der Waals surface area (Å²) < 4.78 is 13.1. The van der Waals surface area contributed by atoms with Crippen molar-refractivity contribution in [2.75, 3.05) is 6.54 Å². The van der Waals surface area contributed by atoms with Crippen LogP contribution >= 0.6 is 0 Å². The molecule has 0 saturated heterocycles. The Labute approximate surface area is 98.7 Å². The zero-order valence-corrected chi connectivity index (χ0v) is 9.28. The van der Waals surface area contributed by atoms with Crippen LogP contribution in [0.15, 0.2) is 30.5 Å². The van der Waals surface area contributed by atoms with Gasteiger partial charge in [0.25, 0.3) is 0 Å². The van der Waals surface area contributed by atoms with E-state index in [0.29, 0.717) is 5.82 Å². The molecule has 86 valence electrons. The first-order valence-electron chi connectivity index (χ1n) is 5.64. The molecule has 3 nitrogen and oxygen atoms in total. The van der Waals surface area contributed by atoms with Crippen LogP contribution in [0, 0.1) is 5.82 Å². The molecule has 0 saturated carbocycles. The van der Waals surface area contributed by atoms with Gasteiger partial charge in [0.2, 0.25) is 0 Å². The zero-order valence-electron chi connectivity index (χ0n) is 9.28. The van der Waals surface area contributed by atoms with Gasteiger partial charge >= 0.3 is 0 Å². The van der Waals surface area contributed by atoms with Gasteiger partial charge in [-0.2, -0.15) is 0 Å². The maximum absolute atomic E-state index is 13.1. The minimum Gasteiger partial charge on any atom is -0.311 e. The molecule has 0 radical (unpaired) electrons. The zero-order chi connectivity index (χ0) is 11.7. The van der Waals surface area contributed by atoms with Gasteiger partial charge in [-0.1, -0.05) is 12.1 Å². The van der Waals surface area contributed by atoms with E-state index in [1.807, 2.05) is 12.3 Å². The number of rotatable bonds is 1. The van der Waals surface area contributed by atoms with Crippen LogP contribution in [0.4, 0.5) is 4.39 Å². The molecular formula is C13H12FN3. The maximum atomic E-state index is 13.1. The molecule has 1 aromatic carbocycles. The van der Waals surface area contributed by atoms with Crippen molar-refractivity contribution in [3.63, 3.8) is 0 Å². The third kappa shape index (κ3) is 2.03. The fourth-order valence-electron chi connectivity index (χ4n) is 2.00. The molecule has 1 N–H and O–H groups in total. The molecule has 2 heterocycles. The van der Waals surface area contributed by atoms with E-state index in [1.54, 1.807) is 6.07 Å². The highest BCUT2D eigenvalue weighted by Crippen LogP contribution is 2.18. The summed E-state index contributed by atoms with van der Waals surface area (Å²) >= 11 is 0. The molecular weight excluding hydrogens is 217 g/mol. The normalized spacial score (nSPS) is 14.4. The van der Waals surface area contributed by atoms with Crippen molar-refractivity contribution in [2.24, 2.45) is 0 Å². The fraction of sp³-hybridized carbons (Fsp3) is 0.231. The Morgan fingerprint density at radius 2 is 2.24 bits per heavy atom. The lowest BCUT2D eigenvalue weighted by molar-refractivity contribution is 0.622. The maximum Gasteiger partial charge on any atom is 0.159 e. The summed E-state index contributed by atoms with van der Waals surface area (Å²) in [6.07, 6.45) is 2.81. The summed E-state index contributed by atoms with van der Waals surface area (Å²) in [4.78, 5) is 8.78. The van der Waals surface area contributed by atoms with Gasteiger partial charge in [-0.25, -0.2) is 14.4 Å². The molecule has 17 heavy (non-hydrogen) atoms. The second kappa shape index (κ2) is 4.22. The molecule has 3 rings (SSSR count). The van der Waals surface area contributed by atoms with Gasteiger partial charge in [-0.05, 0) is 30.7 Å². The van der Waals surface area contributed by atoms with Gasteiger partial charge in [0.15, 0.2) is 5.82 Å². The standard InChI is InChI=1S/C13H12FN3/c14-11-3-1-2-9(6-11)13-16-7-10-4-5-15-8-12(10)17-13/h1-3,6-7,15H,4-5,8H2. The average Bonchev–Trinajstić information content (AvgIpc) is 2.38. The van der Waals surface area contributed by atoms with Crippen LogP contribution in [0.25, 0.3) is 11.4 Å². The molecule has 4 heteroatoms. The van der Waals surface area contributed by atoms with Crippen LogP contribution in [0.2, 0.25) is 0 Å². The minimum absolute atomic E-state index is 0.262. The Balaban J connectivity index is 2.04. The van der Waals surface area contributed by atoms with Crippen LogP contribution in [-0.2, 0) is 13.0 Å². The SMILES string of the molecule is Fc1cccc(-c2ncc3c(n2)CNCC3)c1. The molecule has 2 aromatic rings. The number of nitrogens with zero attached hydrogens (tertiary/aromatic N) is 2. The Bertz CT molecular complexity index is 554. The van der Waals surface area contributed by atoms with E-state index in [2.05, 4.69) is 15.3 Å². The first kappa shape index (κ1) is 10.4. The first-order valence-corrected chi connectivity index (χ1v) is 5.64. The van der Waals surface area contributed by atoms with Gasteiger partial charge in [0, 0.05) is 18.3 Å². The highest BCUT2D eigenvalue weighted by Gasteiger charge is 2.12. The number of fused-ring (bicyclic) bond motifs is 1. The summed E-state index contributed by atoms with van der Waals surface area (Å²) in [5.74, 6) is 0.328. The number of nitrogens with one attached hydrogen (secondary N) is 1. The van der Waals surface area contributed by atoms with E-state index in [9.17, 15) is 4.39 Å². The summed E-state index contributed by atoms with van der Waals surface area (Å²) in [7, 11) is 0. The highest BCUT2D eigenvalue weighted by atomic mass is 19.1. The molecule has 1 aromatic heterocycles. The predicted octanol–water partition coefficient (Wildman–Crippen LogP) is 1.93. The number of benzene rings is 1. The first-order chi connectivity index (χ1) is 8.33. The van der Waals surface area contributed by atoms with Crippen molar-refractivity contribution in [3.8, 4) is 11.4 Å². The third-order valence-corrected chi connectivity index (χ3v) is 2.90. The van der Waals surface area contributed by atoms with Crippen molar-refractivity contribution in [1.29, 1.82) is 0 Å². The van der Waals surface area contributed by atoms with E-state index in [-0.39, 0.29) is 5.82 Å². The second-order valence-corrected chi connectivity index (χ2v) is 4.10. The van der Waals surface area contributed by atoms with E-state index in [0.717, 1.165) is 30.8 Å². The Hall–Kier alpha value is -1.81. The number of hydrogen-bond acceptors (Lipinski definition) is 3. The molecule has 0 unspecified atom stereocenters. The molecule has 1 aliphatic heterocycles. The largest absolute Gasteiger partial charge is 0.311 e. The molecule has 0 amide bonds. The van der Waals surface area contributed by atoms with Crippen LogP contribution in [0.3, 0.4) is 0 Å². The van der Waals surface area contributed by atoms with Gasteiger partial charge in [0.1, 0.15) is 5.82 Å². The summed E-state index contributed by atoms with van der Waals surface area (Å²) in [5, 5.41) is 3.27. The van der Waals surface area contributed by atoms with Crippen LogP contribution in [0.5, 0.6) is 0 Å². The van der Waals surface area contributed by atoms with E-state index in [1.165, 1.54) is 17.7 Å². The second-order valence-electron chi connectivity index (χ2n) is 4.10. The molecule has 0 bridgehead atoms.